The molecule has 188 valence electrons. The van der Waals surface area contributed by atoms with E-state index in [2.05, 4.69) is 23.8 Å². The Balaban J connectivity index is 0.000000795. The van der Waals surface area contributed by atoms with Crippen LogP contribution in [0.4, 0.5) is 8.78 Å². The molecule has 0 radical (unpaired) electrons. The summed E-state index contributed by atoms with van der Waals surface area (Å²) < 4.78 is 32.4. The summed E-state index contributed by atoms with van der Waals surface area (Å²) in [6, 6.07) is 6.62. The lowest BCUT2D eigenvalue weighted by Gasteiger charge is -2.20. The molecule has 1 fully saturated rings. The molecule has 3 aromatic rings. The third-order valence-electron chi connectivity index (χ3n) is 6.43. The molecule has 1 N–H and O–H groups in total. The van der Waals surface area contributed by atoms with Crippen LogP contribution in [0, 0.1) is 24.5 Å². The Hall–Kier alpha value is -3.06. The van der Waals surface area contributed by atoms with Crippen LogP contribution < -0.4 is 5.32 Å². The number of aldehydes is 1. The largest absolute Gasteiger partial charge is 0.388 e. The zero-order chi connectivity index (χ0) is 25.5. The van der Waals surface area contributed by atoms with E-state index in [0.717, 1.165) is 49.1 Å². The number of rotatable bonds is 6. The van der Waals surface area contributed by atoms with Crippen LogP contribution in [0.1, 0.15) is 49.4 Å². The summed E-state index contributed by atoms with van der Waals surface area (Å²) in [5, 5.41) is 2.85. The van der Waals surface area contributed by atoms with Crippen LogP contribution in [-0.4, -0.2) is 47.8 Å². The van der Waals surface area contributed by atoms with Crippen molar-refractivity contribution in [3.05, 3.63) is 65.5 Å². The van der Waals surface area contributed by atoms with Crippen LogP contribution >= 0.6 is 0 Å². The summed E-state index contributed by atoms with van der Waals surface area (Å²) in [7, 11) is 3.82. The van der Waals surface area contributed by atoms with Crippen molar-refractivity contribution >= 4 is 17.6 Å². The average molecular weight is 483 g/mol. The number of imidazole rings is 1. The fourth-order valence-electron chi connectivity index (χ4n) is 4.59. The number of aromatic nitrogens is 2. The first-order valence-corrected chi connectivity index (χ1v) is 12.2. The number of likely N-dealkylation sites (tertiary alicyclic amines) is 1. The number of benzene rings is 1. The molecule has 5 nitrogen and oxygen atoms in total. The summed E-state index contributed by atoms with van der Waals surface area (Å²) in [5.41, 5.74) is 3.85. The van der Waals surface area contributed by atoms with E-state index < -0.39 is 11.6 Å². The fraction of sp³-hybridized carbons (Fsp3) is 0.429. The van der Waals surface area contributed by atoms with Gasteiger partial charge in [-0.25, -0.2) is 13.8 Å². The number of carbonyl (C=O) groups is 1. The van der Waals surface area contributed by atoms with Gasteiger partial charge in [0.1, 0.15) is 23.6 Å². The van der Waals surface area contributed by atoms with E-state index >= 15 is 8.78 Å². The first-order chi connectivity index (χ1) is 16.8. The number of hydrogen-bond donors (Lipinski definition) is 1. The lowest BCUT2D eigenvalue weighted by Crippen LogP contribution is -2.25. The van der Waals surface area contributed by atoms with Crippen LogP contribution in [-0.2, 0) is 11.2 Å². The predicted molar refractivity (Wildman–Crippen MR) is 138 cm³/mol. The number of pyridine rings is 1. The minimum atomic E-state index is -0.620. The van der Waals surface area contributed by atoms with E-state index in [1.807, 2.05) is 36.6 Å². The highest BCUT2D eigenvalue weighted by molar-refractivity contribution is 5.71. The summed E-state index contributed by atoms with van der Waals surface area (Å²) in [4.78, 5) is 16.2. The lowest BCUT2D eigenvalue weighted by atomic mass is 9.95. The van der Waals surface area contributed by atoms with Crippen molar-refractivity contribution in [2.45, 2.75) is 46.0 Å². The SMILES string of the molecule is C=C(NC)c1cc(F)c(-c2nc3cc(C)ccn3c2CC2CCCCN(C)C2)c(F)c1.CCC=O. The van der Waals surface area contributed by atoms with Crippen molar-refractivity contribution in [1.82, 2.24) is 19.6 Å². The van der Waals surface area contributed by atoms with Gasteiger partial charge in [0.15, 0.2) is 0 Å². The maximum atomic E-state index is 15.2. The highest BCUT2D eigenvalue weighted by Crippen LogP contribution is 2.33. The van der Waals surface area contributed by atoms with Gasteiger partial charge in [-0.3, -0.25) is 0 Å². The van der Waals surface area contributed by atoms with Crippen molar-refractivity contribution in [2.75, 3.05) is 27.2 Å². The smallest absolute Gasteiger partial charge is 0.137 e. The van der Waals surface area contributed by atoms with Crippen molar-refractivity contribution in [2.24, 2.45) is 5.92 Å². The maximum Gasteiger partial charge on any atom is 0.137 e. The standard InChI is InChI=1S/C25H30F2N4.C3H6O/c1-16-8-10-31-22(12-18-7-5-6-9-30(4)15-18)25(29-23(31)11-16)24-20(26)13-19(14-21(24)27)17(2)28-3;1-2-3-4/h8,10-11,13-14,18,28H,2,5-7,9,12,15H2,1,3-4H3;3H,2H2,1H3. The van der Waals surface area contributed by atoms with Gasteiger partial charge in [0, 0.05) is 37.5 Å². The molecular formula is C28H36F2N4O. The molecule has 0 amide bonds. The van der Waals surface area contributed by atoms with Crippen molar-refractivity contribution in [1.29, 1.82) is 0 Å². The fourth-order valence-corrected chi connectivity index (χ4v) is 4.59. The second-order valence-corrected chi connectivity index (χ2v) is 9.29. The van der Waals surface area contributed by atoms with Crippen LogP contribution in [0.25, 0.3) is 22.6 Å². The van der Waals surface area contributed by atoms with Crippen LogP contribution in [0.15, 0.2) is 37.0 Å². The number of carbonyl (C=O) groups excluding carboxylic acids is 1. The molecule has 2 aromatic heterocycles. The van der Waals surface area contributed by atoms with Gasteiger partial charge in [0.05, 0.1) is 17.0 Å². The monoisotopic (exact) mass is 482 g/mol. The number of nitrogens with zero attached hydrogens (tertiary/aromatic N) is 3. The summed E-state index contributed by atoms with van der Waals surface area (Å²) in [5.74, 6) is -0.821. The first kappa shape index (κ1) is 26.5. The number of hydrogen-bond acceptors (Lipinski definition) is 4. The third kappa shape index (κ3) is 6.34. The Kier molecular flexibility index (Phi) is 9.15. The highest BCUT2D eigenvalue weighted by Gasteiger charge is 2.25. The minimum absolute atomic E-state index is 0.0639. The van der Waals surface area contributed by atoms with E-state index in [9.17, 15) is 4.79 Å². The molecule has 0 saturated carbocycles. The molecule has 0 aliphatic carbocycles. The van der Waals surface area contributed by atoms with Crippen molar-refractivity contribution < 1.29 is 13.6 Å². The molecule has 0 bridgehead atoms. The quantitative estimate of drug-likeness (QED) is 0.462. The lowest BCUT2D eigenvalue weighted by molar-refractivity contribution is -0.107. The van der Waals surface area contributed by atoms with Gasteiger partial charge in [-0.15, -0.1) is 0 Å². The second-order valence-electron chi connectivity index (χ2n) is 9.29. The van der Waals surface area contributed by atoms with Crippen LogP contribution in [0.5, 0.6) is 0 Å². The zero-order valence-corrected chi connectivity index (χ0v) is 21.2. The number of halogens is 2. The molecule has 1 aliphatic rings. The van der Waals surface area contributed by atoms with E-state index in [1.54, 1.807) is 7.05 Å². The summed E-state index contributed by atoms with van der Waals surface area (Å²) >= 11 is 0. The van der Waals surface area contributed by atoms with Gasteiger partial charge in [-0.05, 0) is 75.5 Å². The second kappa shape index (κ2) is 12.1. The van der Waals surface area contributed by atoms with Gasteiger partial charge >= 0.3 is 0 Å². The van der Waals surface area contributed by atoms with Crippen molar-refractivity contribution in [3.8, 4) is 11.3 Å². The van der Waals surface area contributed by atoms with Crippen LogP contribution in [0.2, 0.25) is 0 Å². The Morgan fingerprint density at radius 3 is 2.57 bits per heavy atom. The van der Waals surface area contributed by atoms with Crippen LogP contribution in [0.3, 0.4) is 0 Å². The molecule has 1 atom stereocenters. The first-order valence-electron chi connectivity index (χ1n) is 12.2. The van der Waals surface area contributed by atoms with Crippen molar-refractivity contribution in [3.63, 3.8) is 0 Å². The summed E-state index contributed by atoms with van der Waals surface area (Å²) in [6.07, 6.45) is 7.67. The number of fused-ring (bicyclic) bond motifs is 1. The maximum absolute atomic E-state index is 15.2. The van der Waals surface area contributed by atoms with Gasteiger partial charge in [0.25, 0.3) is 0 Å². The third-order valence-corrected chi connectivity index (χ3v) is 6.43. The molecule has 1 saturated heterocycles. The minimum Gasteiger partial charge on any atom is -0.388 e. The van der Waals surface area contributed by atoms with Gasteiger partial charge < -0.3 is 19.4 Å². The Morgan fingerprint density at radius 1 is 1.26 bits per heavy atom. The summed E-state index contributed by atoms with van der Waals surface area (Å²) in [6.45, 7) is 9.69. The molecule has 7 heteroatoms. The highest BCUT2D eigenvalue weighted by atomic mass is 19.1. The average Bonchev–Trinajstić information content (AvgIpc) is 3.02. The predicted octanol–water partition coefficient (Wildman–Crippen LogP) is 5.65. The van der Waals surface area contributed by atoms with E-state index in [1.165, 1.54) is 25.0 Å². The van der Waals surface area contributed by atoms with E-state index in [-0.39, 0.29) is 5.56 Å². The normalized spacial score (nSPS) is 16.3. The molecular weight excluding hydrogens is 446 g/mol. The molecule has 1 aromatic carbocycles. The number of nitrogens with one attached hydrogen (secondary N) is 1. The Labute approximate surface area is 206 Å². The molecule has 4 rings (SSSR count). The van der Waals surface area contributed by atoms with E-state index in [0.29, 0.717) is 29.3 Å². The van der Waals surface area contributed by atoms with Gasteiger partial charge in [0.2, 0.25) is 0 Å². The molecule has 35 heavy (non-hydrogen) atoms. The molecule has 1 aliphatic heterocycles. The molecule has 3 heterocycles. The Bertz CT molecular complexity index is 1160. The molecule has 1 unspecified atom stereocenters. The van der Waals surface area contributed by atoms with Gasteiger partial charge in [-0.2, -0.15) is 0 Å². The van der Waals surface area contributed by atoms with Gasteiger partial charge in [-0.1, -0.05) is 19.9 Å². The number of aryl methyl sites for hydroxylation is 1. The Morgan fingerprint density at radius 2 is 1.94 bits per heavy atom. The molecule has 0 spiro atoms. The zero-order valence-electron chi connectivity index (χ0n) is 21.2. The van der Waals surface area contributed by atoms with E-state index in [4.69, 9.17) is 4.98 Å². The topological polar surface area (TPSA) is 49.6 Å².